The highest BCUT2D eigenvalue weighted by Gasteiger charge is 2.31. The van der Waals surface area contributed by atoms with E-state index in [1.807, 2.05) is 6.92 Å². The first-order chi connectivity index (χ1) is 12.1. The van der Waals surface area contributed by atoms with E-state index in [1.165, 1.54) is 6.20 Å². The van der Waals surface area contributed by atoms with Gasteiger partial charge in [-0.2, -0.15) is 0 Å². The number of piperazine rings is 1. The minimum absolute atomic E-state index is 0.205. The highest BCUT2D eigenvalue weighted by molar-refractivity contribution is 6.39. The Morgan fingerprint density at radius 2 is 2.04 bits per heavy atom. The molecule has 2 heterocycles. The van der Waals surface area contributed by atoms with Crippen LogP contribution in [-0.4, -0.2) is 58.8 Å². The van der Waals surface area contributed by atoms with Crippen LogP contribution in [0.2, 0.25) is 0 Å². The SMILES string of the molecule is CCc1cc(NC(=O)C(=O)N2CCN(CC(C)(C)C)C(C)C2)cnc1N. The fourth-order valence-electron chi connectivity index (χ4n) is 3.22. The van der Waals surface area contributed by atoms with Crippen LogP contribution in [0, 0.1) is 5.41 Å². The van der Waals surface area contributed by atoms with Crippen LogP contribution in [0.1, 0.15) is 40.2 Å². The third-order valence-corrected chi connectivity index (χ3v) is 4.56. The van der Waals surface area contributed by atoms with Crippen LogP contribution in [-0.2, 0) is 16.0 Å². The Morgan fingerprint density at radius 3 is 2.62 bits per heavy atom. The smallest absolute Gasteiger partial charge is 0.313 e. The molecule has 0 saturated carbocycles. The van der Waals surface area contributed by atoms with E-state index >= 15 is 0 Å². The largest absolute Gasteiger partial charge is 0.383 e. The summed E-state index contributed by atoms with van der Waals surface area (Å²) in [5.74, 6) is -0.683. The summed E-state index contributed by atoms with van der Waals surface area (Å²) in [5.41, 5.74) is 7.32. The second-order valence-electron chi connectivity index (χ2n) is 8.21. The lowest BCUT2D eigenvalue weighted by Gasteiger charge is -2.42. The van der Waals surface area contributed by atoms with Crippen molar-refractivity contribution in [2.24, 2.45) is 5.41 Å². The lowest BCUT2D eigenvalue weighted by atomic mass is 9.95. The molecule has 0 spiro atoms. The fraction of sp³-hybridized carbons (Fsp3) is 0.632. The number of carbonyl (C=O) groups excluding carboxylic acids is 2. The molecule has 1 aliphatic rings. The lowest BCUT2D eigenvalue weighted by molar-refractivity contribution is -0.145. The summed E-state index contributed by atoms with van der Waals surface area (Å²) in [6.07, 6.45) is 2.19. The number of nitrogens with one attached hydrogen (secondary N) is 1. The molecule has 1 atom stereocenters. The molecule has 7 nitrogen and oxygen atoms in total. The van der Waals surface area contributed by atoms with E-state index in [4.69, 9.17) is 5.73 Å². The number of nitrogen functional groups attached to an aromatic ring is 1. The van der Waals surface area contributed by atoms with E-state index in [9.17, 15) is 9.59 Å². The van der Waals surface area contributed by atoms with E-state index in [0.717, 1.165) is 18.7 Å². The van der Waals surface area contributed by atoms with E-state index < -0.39 is 11.8 Å². The maximum atomic E-state index is 12.5. The first-order valence-electron chi connectivity index (χ1n) is 9.19. The van der Waals surface area contributed by atoms with E-state index in [-0.39, 0.29) is 11.5 Å². The van der Waals surface area contributed by atoms with Gasteiger partial charge in [-0.1, -0.05) is 27.7 Å². The maximum absolute atomic E-state index is 12.5. The van der Waals surface area contributed by atoms with Crippen LogP contribution < -0.4 is 11.1 Å². The molecule has 0 aliphatic carbocycles. The van der Waals surface area contributed by atoms with Gasteiger partial charge in [0.2, 0.25) is 0 Å². The Hall–Kier alpha value is -2.15. The molecule has 2 amide bonds. The summed E-state index contributed by atoms with van der Waals surface area (Å²) in [6, 6.07) is 1.99. The van der Waals surface area contributed by atoms with E-state index in [1.54, 1.807) is 11.0 Å². The second kappa shape index (κ2) is 8.03. The molecule has 7 heteroatoms. The van der Waals surface area contributed by atoms with E-state index in [2.05, 4.69) is 42.9 Å². The number of hydrogen-bond donors (Lipinski definition) is 2. The molecule has 1 unspecified atom stereocenters. The van der Waals surface area contributed by atoms with Gasteiger partial charge < -0.3 is 16.0 Å². The molecule has 0 bridgehead atoms. The fourth-order valence-corrected chi connectivity index (χ4v) is 3.22. The maximum Gasteiger partial charge on any atom is 0.313 e. The number of aryl methyl sites for hydroxylation is 1. The topological polar surface area (TPSA) is 91.6 Å². The Bertz CT molecular complexity index is 668. The van der Waals surface area contributed by atoms with Gasteiger partial charge in [0.25, 0.3) is 0 Å². The Labute approximate surface area is 155 Å². The molecule has 1 aromatic heterocycles. The number of rotatable bonds is 3. The summed E-state index contributed by atoms with van der Waals surface area (Å²) in [5, 5.41) is 2.64. The van der Waals surface area contributed by atoms with Crippen LogP contribution in [0.4, 0.5) is 11.5 Å². The van der Waals surface area contributed by atoms with Crippen LogP contribution in [0.15, 0.2) is 12.3 Å². The summed E-state index contributed by atoms with van der Waals surface area (Å²) in [4.78, 5) is 32.9. The van der Waals surface area contributed by atoms with Crippen molar-refractivity contribution >= 4 is 23.3 Å². The van der Waals surface area contributed by atoms with Crippen molar-refractivity contribution in [1.29, 1.82) is 0 Å². The molecule has 3 N–H and O–H groups in total. The van der Waals surface area contributed by atoms with Gasteiger partial charge in [0.15, 0.2) is 0 Å². The van der Waals surface area contributed by atoms with Crippen molar-refractivity contribution in [1.82, 2.24) is 14.8 Å². The number of nitrogens with zero attached hydrogens (tertiary/aromatic N) is 3. The summed E-state index contributed by atoms with van der Waals surface area (Å²) in [6.45, 7) is 13.5. The lowest BCUT2D eigenvalue weighted by Crippen LogP contribution is -2.56. The van der Waals surface area contributed by atoms with Gasteiger partial charge in [-0.3, -0.25) is 14.5 Å². The Balaban J connectivity index is 1.96. The Morgan fingerprint density at radius 1 is 1.35 bits per heavy atom. The quantitative estimate of drug-likeness (QED) is 0.800. The molecule has 0 radical (unpaired) electrons. The number of nitrogens with two attached hydrogens (primary N) is 1. The minimum atomic E-state index is -0.630. The second-order valence-corrected chi connectivity index (χ2v) is 8.21. The molecule has 1 aromatic rings. The van der Waals surface area contributed by atoms with Gasteiger partial charge in [-0.25, -0.2) is 4.98 Å². The van der Waals surface area contributed by atoms with Crippen molar-refractivity contribution in [3.63, 3.8) is 0 Å². The highest BCUT2D eigenvalue weighted by atomic mass is 16.2. The van der Waals surface area contributed by atoms with Gasteiger partial charge >= 0.3 is 11.8 Å². The zero-order chi connectivity index (χ0) is 19.5. The number of aromatic nitrogens is 1. The zero-order valence-electron chi connectivity index (χ0n) is 16.5. The third-order valence-electron chi connectivity index (χ3n) is 4.56. The first-order valence-corrected chi connectivity index (χ1v) is 9.19. The molecule has 1 aliphatic heterocycles. The van der Waals surface area contributed by atoms with Crippen molar-refractivity contribution < 1.29 is 9.59 Å². The standard InChI is InChI=1S/C19H31N5O2/c1-6-14-9-15(10-21-16(14)20)22-17(25)18(26)23-7-8-24(13(2)11-23)12-19(3,4)5/h9-10,13H,6-8,11-12H2,1-5H3,(H2,20,21)(H,22,25). The third kappa shape index (κ3) is 5.17. The monoisotopic (exact) mass is 361 g/mol. The van der Waals surface area contributed by atoms with Crippen LogP contribution >= 0.6 is 0 Å². The van der Waals surface area contributed by atoms with Crippen molar-refractivity contribution in [2.45, 2.75) is 47.1 Å². The molecular formula is C19H31N5O2. The van der Waals surface area contributed by atoms with Gasteiger partial charge in [-0.05, 0) is 30.4 Å². The first kappa shape index (κ1) is 20.2. The number of anilines is 2. The minimum Gasteiger partial charge on any atom is -0.383 e. The van der Waals surface area contributed by atoms with Crippen molar-refractivity contribution in [2.75, 3.05) is 37.2 Å². The van der Waals surface area contributed by atoms with Gasteiger partial charge in [0.1, 0.15) is 5.82 Å². The normalized spacial score (nSPS) is 18.7. The molecular weight excluding hydrogens is 330 g/mol. The number of pyridine rings is 1. The average Bonchev–Trinajstić information content (AvgIpc) is 2.56. The van der Waals surface area contributed by atoms with Gasteiger partial charge in [-0.15, -0.1) is 0 Å². The molecule has 0 aromatic carbocycles. The zero-order valence-corrected chi connectivity index (χ0v) is 16.5. The average molecular weight is 361 g/mol. The van der Waals surface area contributed by atoms with Crippen LogP contribution in [0.3, 0.4) is 0 Å². The molecule has 144 valence electrons. The Kier molecular flexibility index (Phi) is 6.23. The summed E-state index contributed by atoms with van der Waals surface area (Å²) < 4.78 is 0. The molecule has 1 saturated heterocycles. The van der Waals surface area contributed by atoms with Crippen molar-refractivity contribution in [3.8, 4) is 0 Å². The predicted molar refractivity (Wildman–Crippen MR) is 104 cm³/mol. The summed E-state index contributed by atoms with van der Waals surface area (Å²) in [7, 11) is 0. The van der Waals surface area contributed by atoms with Gasteiger partial charge in [0, 0.05) is 32.2 Å². The van der Waals surface area contributed by atoms with Crippen molar-refractivity contribution in [3.05, 3.63) is 17.8 Å². The molecule has 2 rings (SSSR count). The molecule has 26 heavy (non-hydrogen) atoms. The number of amides is 2. The number of carbonyl (C=O) groups is 2. The molecule has 1 fully saturated rings. The van der Waals surface area contributed by atoms with Gasteiger partial charge in [0.05, 0.1) is 11.9 Å². The highest BCUT2D eigenvalue weighted by Crippen LogP contribution is 2.20. The predicted octanol–water partition coefficient (Wildman–Crippen LogP) is 1.74. The van der Waals surface area contributed by atoms with E-state index in [0.29, 0.717) is 31.0 Å². The van der Waals surface area contributed by atoms with Crippen LogP contribution in [0.5, 0.6) is 0 Å². The number of hydrogen-bond acceptors (Lipinski definition) is 5. The summed E-state index contributed by atoms with van der Waals surface area (Å²) >= 11 is 0. The van der Waals surface area contributed by atoms with Crippen LogP contribution in [0.25, 0.3) is 0 Å².